The molecule has 1 aliphatic rings. The van der Waals surface area contributed by atoms with Crippen LogP contribution in [0.15, 0.2) is 58.6 Å². The van der Waals surface area contributed by atoms with Crippen LogP contribution in [0.25, 0.3) is 6.08 Å². The summed E-state index contributed by atoms with van der Waals surface area (Å²) in [6.07, 6.45) is 5.49. The van der Waals surface area contributed by atoms with Gasteiger partial charge in [0.2, 0.25) is 0 Å². The number of carboxylic acids is 1. The van der Waals surface area contributed by atoms with Crippen molar-refractivity contribution in [2.45, 2.75) is 32.2 Å². The zero-order valence-corrected chi connectivity index (χ0v) is 15.7. The van der Waals surface area contributed by atoms with Crippen LogP contribution in [-0.2, 0) is 11.3 Å². The van der Waals surface area contributed by atoms with E-state index in [0.717, 1.165) is 48.1 Å². The van der Waals surface area contributed by atoms with Crippen molar-refractivity contribution < 1.29 is 9.90 Å². The molecule has 2 aromatic rings. The Morgan fingerprint density at radius 1 is 1.08 bits per heavy atom. The van der Waals surface area contributed by atoms with E-state index < -0.39 is 5.97 Å². The molecule has 4 heteroatoms. The first kappa shape index (κ1) is 17.7. The number of aliphatic carboxylic acids is 1. The summed E-state index contributed by atoms with van der Waals surface area (Å²) < 4.78 is 0.962. The van der Waals surface area contributed by atoms with Crippen molar-refractivity contribution in [2.75, 3.05) is 11.4 Å². The van der Waals surface area contributed by atoms with Gasteiger partial charge in [0.1, 0.15) is 0 Å². The fraction of sp³-hybridized carbons (Fsp3) is 0.286. The van der Waals surface area contributed by atoms with Crippen molar-refractivity contribution in [1.82, 2.24) is 0 Å². The number of nitrogens with zero attached hydrogens (tertiary/aromatic N) is 1. The minimum absolute atomic E-state index is 0.487. The molecule has 0 spiro atoms. The van der Waals surface area contributed by atoms with Gasteiger partial charge >= 0.3 is 5.97 Å². The van der Waals surface area contributed by atoms with Gasteiger partial charge < -0.3 is 10.0 Å². The third-order valence-electron chi connectivity index (χ3n) is 4.53. The smallest absolute Gasteiger partial charge is 0.331 e. The van der Waals surface area contributed by atoms with Crippen molar-refractivity contribution in [1.29, 1.82) is 0 Å². The van der Waals surface area contributed by atoms with E-state index in [4.69, 9.17) is 0 Å². The van der Waals surface area contributed by atoms with Crippen LogP contribution < -0.4 is 4.90 Å². The lowest BCUT2D eigenvalue weighted by Crippen LogP contribution is -2.25. The highest BCUT2D eigenvalue weighted by Crippen LogP contribution is 2.30. The van der Waals surface area contributed by atoms with E-state index in [9.17, 15) is 9.90 Å². The maximum Gasteiger partial charge on any atom is 0.331 e. The van der Waals surface area contributed by atoms with Gasteiger partial charge in [-0.05, 0) is 54.7 Å². The van der Waals surface area contributed by atoms with Gasteiger partial charge in [-0.3, -0.25) is 0 Å². The molecule has 0 amide bonds. The van der Waals surface area contributed by atoms with Crippen LogP contribution in [0, 0.1) is 0 Å². The number of benzene rings is 2. The van der Waals surface area contributed by atoms with Gasteiger partial charge in [-0.1, -0.05) is 52.7 Å². The van der Waals surface area contributed by atoms with E-state index in [-0.39, 0.29) is 0 Å². The summed E-state index contributed by atoms with van der Waals surface area (Å²) in [4.78, 5) is 14.0. The summed E-state index contributed by atoms with van der Waals surface area (Å²) in [7, 11) is 0. The fourth-order valence-electron chi connectivity index (χ4n) is 3.24. The molecule has 0 saturated carbocycles. The van der Waals surface area contributed by atoms with Gasteiger partial charge in [0.15, 0.2) is 0 Å². The predicted molar refractivity (Wildman–Crippen MR) is 106 cm³/mol. The van der Waals surface area contributed by atoms with Crippen molar-refractivity contribution in [2.24, 2.45) is 0 Å². The number of hydrogen-bond donors (Lipinski definition) is 1. The van der Waals surface area contributed by atoms with E-state index in [1.807, 2.05) is 24.3 Å². The average molecular weight is 400 g/mol. The minimum Gasteiger partial charge on any atom is -0.478 e. The third-order valence-corrected chi connectivity index (χ3v) is 5.02. The third kappa shape index (κ3) is 4.73. The van der Waals surface area contributed by atoms with Crippen molar-refractivity contribution in [3.8, 4) is 0 Å². The Kier molecular flexibility index (Phi) is 5.92. The summed E-state index contributed by atoms with van der Waals surface area (Å²) in [5.41, 5.74) is 3.80. The molecular formula is C21H22BrNO2. The zero-order chi connectivity index (χ0) is 17.6. The summed E-state index contributed by atoms with van der Waals surface area (Å²) in [6, 6.07) is 16.5. The molecule has 0 radical (unpaired) electrons. The first-order valence-corrected chi connectivity index (χ1v) is 9.45. The van der Waals surface area contributed by atoms with Crippen LogP contribution in [0.4, 0.5) is 5.69 Å². The van der Waals surface area contributed by atoms with Crippen LogP contribution in [0.1, 0.15) is 36.8 Å². The van der Waals surface area contributed by atoms with Crippen molar-refractivity contribution >= 4 is 33.7 Å². The number of carbonyl (C=O) groups is 1. The van der Waals surface area contributed by atoms with Crippen LogP contribution in [-0.4, -0.2) is 17.6 Å². The molecule has 0 saturated heterocycles. The number of halogens is 1. The van der Waals surface area contributed by atoms with Crippen LogP contribution >= 0.6 is 15.9 Å². The maximum atomic E-state index is 11.6. The summed E-state index contributed by atoms with van der Waals surface area (Å²) in [5, 5.41) is 9.52. The Labute approximate surface area is 157 Å². The van der Waals surface area contributed by atoms with Gasteiger partial charge in [0.05, 0.1) is 0 Å². The lowest BCUT2D eigenvalue weighted by atomic mass is 10.0. The van der Waals surface area contributed by atoms with Crippen LogP contribution in [0.5, 0.6) is 0 Å². The second-order valence-electron chi connectivity index (χ2n) is 6.40. The number of anilines is 1. The van der Waals surface area contributed by atoms with Gasteiger partial charge in [-0.2, -0.15) is 0 Å². The highest BCUT2D eigenvalue weighted by Gasteiger charge is 2.16. The molecule has 0 aromatic heterocycles. The lowest BCUT2D eigenvalue weighted by Gasteiger charge is -2.28. The van der Waals surface area contributed by atoms with Gasteiger partial charge in [-0.25, -0.2) is 4.79 Å². The SMILES string of the molecule is O=C(O)/C1=C/c2cc(Br)ccc2N(Cc2ccccc2)CCCCC1. The monoisotopic (exact) mass is 399 g/mol. The zero-order valence-electron chi connectivity index (χ0n) is 14.1. The predicted octanol–water partition coefficient (Wildman–Crippen LogP) is 5.50. The first-order chi connectivity index (χ1) is 12.1. The molecule has 130 valence electrons. The summed E-state index contributed by atoms with van der Waals surface area (Å²) >= 11 is 3.52. The van der Waals surface area contributed by atoms with Crippen molar-refractivity contribution in [3.05, 3.63) is 69.7 Å². The Bertz CT molecular complexity index is 771. The lowest BCUT2D eigenvalue weighted by molar-refractivity contribution is -0.132. The Hall–Kier alpha value is -2.07. The number of rotatable bonds is 3. The summed E-state index contributed by atoms with van der Waals surface area (Å²) in [6.45, 7) is 1.80. The molecule has 3 nitrogen and oxygen atoms in total. The molecule has 1 aliphatic heterocycles. The Morgan fingerprint density at radius 2 is 1.88 bits per heavy atom. The van der Waals surface area contributed by atoms with Crippen LogP contribution in [0.2, 0.25) is 0 Å². The normalized spacial score (nSPS) is 17.3. The quantitative estimate of drug-likeness (QED) is 0.740. The minimum atomic E-state index is -0.818. The number of fused-ring (bicyclic) bond motifs is 1. The van der Waals surface area contributed by atoms with Gasteiger partial charge in [-0.15, -0.1) is 0 Å². The molecule has 25 heavy (non-hydrogen) atoms. The average Bonchev–Trinajstić information content (AvgIpc) is 2.60. The first-order valence-electron chi connectivity index (χ1n) is 8.66. The van der Waals surface area contributed by atoms with E-state index in [1.54, 1.807) is 0 Å². The van der Waals surface area contributed by atoms with E-state index >= 15 is 0 Å². The second kappa shape index (κ2) is 8.34. The molecule has 1 N–H and O–H groups in total. The second-order valence-corrected chi connectivity index (χ2v) is 7.31. The molecule has 3 rings (SSSR count). The summed E-state index contributed by atoms with van der Waals surface area (Å²) in [5.74, 6) is -0.818. The maximum absolute atomic E-state index is 11.6. The molecule has 2 aromatic carbocycles. The topological polar surface area (TPSA) is 40.5 Å². The molecular weight excluding hydrogens is 378 g/mol. The Morgan fingerprint density at radius 3 is 2.64 bits per heavy atom. The molecule has 0 unspecified atom stereocenters. The number of hydrogen-bond acceptors (Lipinski definition) is 2. The van der Waals surface area contributed by atoms with E-state index in [0.29, 0.717) is 12.0 Å². The Balaban J connectivity index is 2.02. The molecule has 0 atom stereocenters. The van der Waals surface area contributed by atoms with Crippen molar-refractivity contribution in [3.63, 3.8) is 0 Å². The van der Waals surface area contributed by atoms with Gasteiger partial charge in [0.25, 0.3) is 0 Å². The van der Waals surface area contributed by atoms with E-state index in [1.165, 1.54) is 5.56 Å². The number of carboxylic acid groups (broad SMARTS) is 1. The largest absolute Gasteiger partial charge is 0.478 e. The fourth-order valence-corrected chi connectivity index (χ4v) is 3.62. The van der Waals surface area contributed by atoms with E-state index in [2.05, 4.69) is 51.2 Å². The van der Waals surface area contributed by atoms with Gasteiger partial charge in [0, 0.05) is 28.8 Å². The molecule has 0 bridgehead atoms. The molecule has 1 heterocycles. The highest BCUT2D eigenvalue weighted by atomic mass is 79.9. The standard InChI is InChI=1S/C21H22BrNO2/c22-19-10-11-20-18(14-19)13-17(21(24)25)9-5-2-6-12-23(20)15-16-7-3-1-4-8-16/h1,3-4,7-8,10-11,13-14H,2,5-6,9,12,15H2,(H,24,25)/b17-13+. The van der Waals surface area contributed by atoms with Crippen LogP contribution in [0.3, 0.4) is 0 Å². The molecule has 0 aliphatic carbocycles. The molecule has 0 fully saturated rings. The highest BCUT2D eigenvalue weighted by molar-refractivity contribution is 9.10.